The number of carboxylic acids is 1. The van der Waals surface area contributed by atoms with Crippen molar-refractivity contribution in [1.29, 1.82) is 0 Å². The quantitative estimate of drug-likeness (QED) is 0.0272. The minimum absolute atomic E-state index is 0.00202. The number of amides is 13. The lowest BCUT2D eigenvalue weighted by atomic mass is 9.97. The van der Waals surface area contributed by atoms with E-state index in [1.807, 2.05) is 0 Å². The number of hydrogen-bond acceptors (Lipinski definition) is 19. The molecule has 12 atom stereocenters. The van der Waals surface area contributed by atoms with Crippen molar-refractivity contribution in [2.24, 2.45) is 51.4 Å². The number of carboxylic acid groups (broad SMARTS) is 1. The molecule has 0 saturated carbocycles. The number of unbranched alkanes of at least 4 members (excludes halogenated alkanes) is 2. The lowest BCUT2D eigenvalue weighted by molar-refractivity contribution is -0.142. The number of guanidine groups is 1. The molecule has 24 N–H and O–H groups in total. The molecule has 0 bridgehead atoms. The van der Waals surface area contributed by atoms with Gasteiger partial charge in [0.1, 0.15) is 72.2 Å². The van der Waals surface area contributed by atoms with Crippen LogP contribution in [-0.2, 0) is 80.0 Å². The Kier molecular flexibility index (Phi) is 37.7. The number of fused-ring (bicyclic) bond motifs is 1. The molecule has 2 saturated heterocycles. The van der Waals surface area contributed by atoms with E-state index in [4.69, 9.17) is 28.7 Å². The summed E-state index contributed by atoms with van der Waals surface area (Å²) in [6, 6.07) is -1.67. The highest BCUT2D eigenvalue weighted by Crippen LogP contribution is 2.21. The summed E-state index contributed by atoms with van der Waals surface area (Å²) in [4.78, 5) is 203. The molecule has 0 spiro atoms. The Bertz CT molecular complexity index is 3290. The first-order chi connectivity index (χ1) is 49.8. The number of phenols is 1. The lowest BCUT2D eigenvalue weighted by Crippen LogP contribution is -2.61. The molecule has 4 rings (SSSR count). The van der Waals surface area contributed by atoms with Crippen LogP contribution in [-0.4, -0.2) is 216 Å². The number of rotatable bonds is 24. The van der Waals surface area contributed by atoms with Crippen LogP contribution in [0.1, 0.15) is 143 Å². The van der Waals surface area contributed by atoms with Crippen LogP contribution in [0.4, 0.5) is 0 Å². The van der Waals surface area contributed by atoms with Gasteiger partial charge in [0, 0.05) is 32.5 Å². The van der Waals surface area contributed by atoms with Gasteiger partial charge in [-0.2, -0.15) is 0 Å². The molecule has 105 heavy (non-hydrogen) atoms. The lowest BCUT2D eigenvalue weighted by Gasteiger charge is -2.30. The highest BCUT2D eigenvalue weighted by atomic mass is 16.4. The molecular weight excluding hydrogens is 1360 g/mol. The van der Waals surface area contributed by atoms with Crippen LogP contribution in [0, 0.1) is 17.8 Å². The van der Waals surface area contributed by atoms with E-state index < -0.39 is 181 Å². The van der Waals surface area contributed by atoms with Gasteiger partial charge in [-0.1, -0.05) is 90.4 Å². The Balaban J connectivity index is 1.81. The molecule has 2 aromatic rings. The summed E-state index contributed by atoms with van der Waals surface area (Å²) in [6.45, 7) is 8.84. The monoisotopic (exact) mass is 1470 g/mol. The first-order valence-corrected chi connectivity index (χ1v) is 35.9. The third kappa shape index (κ3) is 31.1. The maximum absolute atomic E-state index is 14.6. The molecule has 2 aromatic carbocycles. The Morgan fingerprint density at radius 1 is 0.524 bits per heavy atom. The largest absolute Gasteiger partial charge is 0.508 e. The van der Waals surface area contributed by atoms with E-state index in [2.05, 4.69) is 68.8 Å². The average Bonchev–Trinajstić information content (AvgIpc) is 1.72. The Hall–Kier alpha value is -10.0. The van der Waals surface area contributed by atoms with Gasteiger partial charge in [-0.3, -0.25) is 72.1 Å². The normalized spacial score (nSPS) is 24.5. The fraction of sp³-hybridized carbons (Fsp3) is 0.614. The number of aromatic hydroxyl groups is 1. The summed E-state index contributed by atoms with van der Waals surface area (Å²) in [5.41, 5.74) is 30.3. The van der Waals surface area contributed by atoms with E-state index in [-0.39, 0.29) is 108 Å². The van der Waals surface area contributed by atoms with Crippen LogP contribution in [0.5, 0.6) is 5.75 Å². The number of carbonyl (C=O) groups is 14. The number of nitrogens with one attached hydrogen (secondary N) is 12. The second-order valence-electron chi connectivity index (χ2n) is 27.4. The van der Waals surface area contributed by atoms with Crippen molar-refractivity contribution < 1.29 is 77.3 Å². The van der Waals surface area contributed by atoms with Gasteiger partial charge < -0.3 is 108 Å². The molecule has 2 aliphatic heterocycles. The van der Waals surface area contributed by atoms with E-state index >= 15 is 0 Å². The van der Waals surface area contributed by atoms with E-state index in [1.54, 1.807) is 71.9 Å². The standard InChI is InChI=1S/C70H111N19O16/c1-7-41(6)58-68(104)78-36-45(73)69(105)89-30-16-22-54(89)67(103)83-47(20-12-14-28-72)61(97)84-49(31-39(2)3)63(99)81-46(19-11-13-27-71)60(96)86-51(34-43-23-25-44(90)26-24-43)59(95)79-37-55(91)77-38-56(92)80-52(33-42-17-9-8-10-18-42)65(101)85-50(32-40(4)5)64(100)87-53(35-57(93)94)66(102)82-48(62(98)88-58)21-15-29-76-70(74)75/h8-10,17-18,23-26,39-41,45-54,58,90H,7,11-16,19-22,27-38,71-73H2,1-6H3,(H,77,91)(H,78,104)(H,79,95)(H,80,92)(H,81,99)(H,82,102)(H,83,103)(H,84,97)(H,85,101)(H,86,96)(H,87,100)(H,88,98)(H,93,94)(H4,74,75,76)/t41-,45-,46-,47-,48-,49-,50-,51-,52-,53+,54-,58-/m0/s1. The highest BCUT2D eigenvalue weighted by Gasteiger charge is 2.41. The maximum Gasteiger partial charge on any atom is 0.305 e. The van der Waals surface area contributed by atoms with Gasteiger partial charge in [0.2, 0.25) is 76.8 Å². The van der Waals surface area contributed by atoms with Crippen molar-refractivity contribution in [1.82, 2.24) is 68.7 Å². The first kappa shape index (κ1) is 87.4. The van der Waals surface area contributed by atoms with E-state index in [0.717, 1.165) is 0 Å². The zero-order valence-corrected chi connectivity index (χ0v) is 60.9. The number of benzene rings is 2. The first-order valence-electron chi connectivity index (χ1n) is 35.9. The number of phenolic OH excluding ortho intramolecular Hbond substituents is 1. The Labute approximate surface area is 611 Å². The summed E-state index contributed by atoms with van der Waals surface area (Å²) in [5.74, 6) is -14.6. The van der Waals surface area contributed by atoms with Crippen molar-refractivity contribution in [3.05, 3.63) is 65.7 Å². The van der Waals surface area contributed by atoms with Gasteiger partial charge in [-0.15, -0.1) is 0 Å². The summed E-state index contributed by atoms with van der Waals surface area (Å²) in [5, 5.41) is 51.4. The SMILES string of the molecule is CC[C@H](C)[C@@H]1NC(=O)[C@H](CCCN=C(N)N)NC(=O)[C@@H](CC(=O)O)NC(=O)[C@H](CC(C)C)NC(=O)[C@H](Cc2ccccc2)NC(=O)CNC(=O)CNC(=O)[C@H](Cc2ccc(O)cc2)NC(=O)[C@H](CCCCN)NC(=O)[C@H](CC(C)C)NC(=O)[C@H](CCCCN)NC(=O)[C@@H]2CCCN2C(=O)[C@@H](N)CNC1=O. The van der Waals surface area contributed by atoms with Crippen molar-refractivity contribution in [3.8, 4) is 5.75 Å². The maximum atomic E-state index is 14.6. The third-order valence-corrected chi connectivity index (χ3v) is 17.7. The molecule has 0 radical (unpaired) electrons. The molecule has 0 aromatic heterocycles. The molecule has 35 heteroatoms. The molecule has 582 valence electrons. The van der Waals surface area contributed by atoms with Gasteiger partial charge in [0.25, 0.3) is 0 Å². The summed E-state index contributed by atoms with van der Waals surface area (Å²) >= 11 is 0. The minimum Gasteiger partial charge on any atom is -0.508 e. The zero-order valence-electron chi connectivity index (χ0n) is 60.9. The molecule has 35 nitrogen and oxygen atoms in total. The van der Waals surface area contributed by atoms with Gasteiger partial charge in [-0.25, -0.2) is 0 Å². The second-order valence-corrected chi connectivity index (χ2v) is 27.4. The second kappa shape index (κ2) is 45.3. The zero-order chi connectivity index (χ0) is 77.9. The van der Waals surface area contributed by atoms with Crippen LogP contribution < -0.4 is 92.5 Å². The Morgan fingerprint density at radius 3 is 1.50 bits per heavy atom. The van der Waals surface area contributed by atoms with Crippen molar-refractivity contribution in [2.75, 3.05) is 45.8 Å². The molecular formula is C70H111N19O16. The average molecular weight is 1470 g/mol. The van der Waals surface area contributed by atoms with E-state index in [1.165, 1.54) is 29.2 Å². The van der Waals surface area contributed by atoms with Crippen molar-refractivity contribution >= 4 is 88.7 Å². The number of nitrogens with zero attached hydrogens (tertiary/aromatic N) is 2. The molecule has 2 fully saturated rings. The molecule has 0 aliphatic carbocycles. The summed E-state index contributed by atoms with van der Waals surface area (Å²) < 4.78 is 0. The number of aliphatic imine (C=N–C) groups is 1. The fourth-order valence-electron chi connectivity index (χ4n) is 11.8. The fourth-order valence-corrected chi connectivity index (χ4v) is 11.8. The molecule has 2 aliphatic rings. The van der Waals surface area contributed by atoms with Gasteiger partial charge in [0.15, 0.2) is 5.96 Å². The summed E-state index contributed by atoms with van der Waals surface area (Å²) in [6.07, 6.45) is 0.678. The highest BCUT2D eigenvalue weighted by molar-refractivity contribution is 6.00. The van der Waals surface area contributed by atoms with Crippen LogP contribution >= 0.6 is 0 Å². The van der Waals surface area contributed by atoms with Crippen LogP contribution in [0.15, 0.2) is 59.6 Å². The van der Waals surface area contributed by atoms with Crippen LogP contribution in [0.3, 0.4) is 0 Å². The Morgan fingerprint density at radius 2 is 0.981 bits per heavy atom. The van der Waals surface area contributed by atoms with Gasteiger partial charge in [0.05, 0.1) is 19.5 Å². The van der Waals surface area contributed by atoms with E-state index in [9.17, 15) is 77.3 Å². The topological polar surface area (TPSA) is 569 Å². The third-order valence-electron chi connectivity index (χ3n) is 17.7. The smallest absolute Gasteiger partial charge is 0.305 e. The van der Waals surface area contributed by atoms with Crippen LogP contribution in [0.25, 0.3) is 0 Å². The number of hydrogen-bond donors (Lipinski definition) is 19. The minimum atomic E-state index is -1.90. The number of nitrogens with two attached hydrogens (primary N) is 5. The molecule has 2 heterocycles. The summed E-state index contributed by atoms with van der Waals surface area (Å²) in [7, 11) is 0. The van der Waals surface area contributed by atoms with Gasteiger partial charge >= 0.3 is 5.97 Å². The number of carbonyl (C=O) groups excluding carboxylic acids is 13. The van der Waals surface area contributed by atoms with Crippen molar-refractivity contribution in [2.45, 2.75) is 211 Å². The predicted octanol–water partition coefficient (Wildman–Crippen LogP) is -3.85. The predicted molar refractivity (Wildman–Crippen MR) is 387 cm³/mol. The number of aliphatic carboxylic acids is 1. The molecule has 13 amide bonds. The van der Waals surface area contributed by atoms with Gasteiger partial charge in [-0.05, 0) is 131 Å². The molecule has 0 unspecified atom stereocenters. The van der Waals surface area contributed by atoms with Crippen LogP contribution in [0.2, 0.25) is 0 Å². The van der Waals surface area contributed by atoms with E-state index in [0.29, 0.717) is 49.7 Å². The van der Waals surface area contributed by atoms with Crippen molar-refractivity contribution in [3.63, 3.8) is 0 Å².